The van der Waals surface area contributed by atoms with Gasteiger partial charge < -0.3 is 4.90 Å². The summed E-state index contributed by atoms with van der Waals surface area (Å²) >= 11 is 0. The summed E-state index contributed by atoms with van der Waals surface area (Å²) in [4.78, 5) is 17.5. The first kappa shape index (κ1) is 16.3. The van der Waals surface area contributed by atoms with Crippen LogP contribution >= 0.6 is 0 Å². The van der Waals surface area contributed by atoms with E-state index in [0.29, 0.717) is 5.91 Å². The number of aryl methyl sites for hydroxylation is 1. The molecule has 2 aromatic carbocycles. The van der Waals surface area contributed by atoms with Crippen LogP contribution in [-0.4, -0.2) is 30.4 Å². The average Bonchev–Trinajstić information content (AvgIpc) is 3.08. The van der Waals surface area contributed by atoms with Crippen molar-refractivity contribution in [3.63, 3.8) is 0 Å². The fraction of sp³-hybridized carbons (Fsp3) is 0.409. The van der Waals surface area contributed by atoms with Crippen molar-refractivity contribution >= 4 is 11.6 Å². The minimum atomic E-state index is 0.180. The predicted octanol–water partition coefficient (Wildman–Crippen LogP) is 3.80. The minimum Gasteiger partial charge on any atom is -0.312 e. The number of likely N-dealkylation sites (tertiary alicyclic amines) is 1. The van der Waals surface area contributed by atoms with E-state index in [1.54, 1.807) is 0 Å². The molecule has 2 aromatic rings. The van der Waals surface area contributed by atoms with Crippen LogP contribution in [0.4, 0.5) is 5.69 Å². The minimum absolute atomic E-state index is 0.180. The molecule has 1 amide bonds. The lowest BCUT2D eigenvalue weighted by atomic mass is 9.94. The lowest BCUT2D eigenvalue weighted by Crippen LogP contribution is -2.42. The molecule has 0 saturated carbocycles. The molecule has 2 heterocycles. The van der Waals surface area contributed by atoms with Gasteiger partial charge in [-0.15, -0.1) is 0 Å². The van der Waals surface area contributed by atoms with Crippen LogP contribution < -0.4 is 4.90 Å². The summed E-state index contributed by atoms with van der Waals surface area (Å²) in [6, 6.07) is 16.9. The van der Waals surface area contributed by atoms with Crippen LogP contribution in [0.5, 0.6) is 0 Å². The smallest absolute Gasteiger partial charge is 0.230 e. The first-order valence-corrected chi connectivity index (χ1v) is 9.38. The van der Waals surface area contributed by atoms with Crippen molar-refractivity contribution in [1.82, 2.24) is 4.90 Å². The van der Waals surface area contributed by atoms with Crippen LogP contribution in [-0.2, 0) is 17.8 Å². The summed E-state index contributed by atoms with van der Waals surface area (Å²) in [7, 11) is 0. The maximum atomic E-state index is 13.0. The fourth-order valence-electron chi connectivity index (χ4n) is 4.15. The van der Waals surface area contributed by atoms with Gasteiger partial charge in [-0.3, -0.25) is 9.69 Å². The zero-order chi connectivity index (χ0) is 17.2. The summed E-state index contributed by atoms with van der Waals surface area (Å²) in [6.45, 7) is 6.05. The lowest BCUT2D eigenvalue weighted by molar-refractivity contribution is -0.123. The van der Waals surface area contributed by atoms with Crippen molar-refractivity contribution in [3.05, 3.63) is 65.2 Å². The topological polar surface area (TPSA) is 23.6 Å². The number of rotatable bonds is 3. The third-order valence-corrected chi connectivity index (χ3v) is 5.75. The highest BCUT2D eigenvalue weighted by Gasteiger charge is 2.32. The molecule has 0 aromatic heterocycles. The summed E-state index contributed by atoms with van der Waals surface area (Å²) in [6.07, 6.45) is 2.95. The second-order valence-corrected chi connectivity index (χ2v) is 7.35. The molecule has 0 atom stereocenters. The molecule has 0 unspecified atom stereocenters. The second kappa shape index (κ2) is 7.01. The summed E-state index contributed by atoms with van der Waals surface area (Å²) in [5.41, 5.74) is 5.21. The maximum Gasteiger partial charge on any atom is 0.230 e. The third-order valence-electron chi connectivity index (χ3n) is 5.75. The number of carbonyl (C=O) groups is 1. The van der Waals surface area contributed by atoms with Crippen LogP contribution in [0, 0.1) is 12.8 Å². The average molecular weight is 334 g/mol. The zero-order valence-corrected chi connectivity index (χ0v) is 14.9. The van der Waals surface area contributed by atoms with E-state index in [-0.39, 0.29) is 5.92 Å². The fourth-order valence-corrected chi connectivity index (χ4v) is 4.15. The van der Waals surface area contributed by atoms with Crippen molar-refractivity contribution in [3.8, 4) is 0 Å². The number of hydrogen-bond donors (Lipinski definition) is 0. The largest absolute Gasteiger partial charge is 0.312 e. The standard InChI is InChI=1S/C22H26N2O/c1-17-6-2-3-8-20(17)16-23-13-10-19(11-14-23)22(25)24-15-12-18-7-4-5-9-21(18)24/h2-9,19H,10-16H2,1H3. The van der Waals surface area contributed by atoms with Gasteiger partial charge in [0.15, 0.2) is 0 Å². The predicted molar refractivity (Wildman–Crippen MR) is 102 cm³/mol. The first-order valence-electron chi connectivity index (χ1n) is 9.38. The van der Waals surface area contributed by atoms with E-state index < -0.39 is 0 Å². The Kier molecular flexibility index (Phi) is 4.58. The van der Waals surface area contributed by atoms with E-state index in [4.69, 9.17) is 0 Å². The monoisotopic (exact) mass is 334 g/mol. The molecule has 0 bridgehead atoms. The molecule has 3 nitrogen and oxygen atoms in total. The van der Waals surface area contributed by atoms with Crippen LogP contribution in [0.2, 0.25) is 0 Å². The van der Waals surface area contributed by atoms with Crippen molar-refractivity contribution in [2.45, 2.75) is 32.7 Å². The van der Waals surface area contributed by atoms with E-state index in [9.17, 15) is 4.79 Å². The molecule has 130 valence electrons. The molecular weight excluding hydrogens is 308 g/mol. The number of anilines is 1. The number of carbonyl (C=O) groups excluding carboxylic acids is 1. The number of piperidine rings is 1. The Morgan fingerprint density at radius 1 is 1.00 bits per heavy atom. The molecule has 3 heteroatoms. The molecule has 25 heavy (non-hydrogen) atoms. The highest BCUT2D eigenvalue weighted by Crippen LogP contribution is 2.31. The van der Waals surface area contributed by atoms with E-state index >= 15 is 0 Å². The van der Waals surface area contributed by atoms with Crippen LogP contribution in [0.3, 0.4) is 0 Å². The van der Waals surface area contributed by atoms with Gasteiger partial charge >= 0.3 is 0 Å². The third kappa shape index (κ3) is 3.34. The van der Waals surface area contributed by atoms with Gasteiger partial charge in [-0.05, 0) is 62.0 Å². The molecule has 1 fully saturated rings. The van der Waals surface area contributed by atoms with Crippen molar-refractivity contribution < 1.29 is 4.79 Å². The van der Waals surface area contributed by atoms with E-state index in [0.717, 1.165) is 51.1 Å². The van der Waals surface area contributed by atoms with Gasteiger partial charge in [0.05, 0.1) is 0 Å². The molecule has 0 N–H and O–H groups in total. The molecule has 0 aliphatic carbocycles. The highest BCUT2D eigenvalue weighted by atomic mass is 16.2. The van der Waals surface area contributed by atoms with E-state index in [2.05, 4.69) is 54.3 Å². The molecule has 0 spiro atoms. The van der Waals surface area contributed by atoms with Gasteiger partial charge in [0.25, 0.3) is 0 Å². The van der Waals surface area contributed by atoms with Crippen LogP contribution in [0.25, 0.3) is 0 Å². The molecule has 2 aliphatic heterocycles. The Labute approximate surface area is 150 Å². The Morgan fingerprint density at radius 2 is 1.72 bits per heavy atom. The van der Waals surface area contributed by atoms with Crippen LogP contribution in [0.1, 0.15) is 29.5 Å². The number of benzene rings is 2. The van der Waals surface area contributed by atoms with Gasteiger partial charge in [-0.1, -0.05) is 42.5 Å². The Bertz CT molecular complexity index is 762. The number of nitrogens with zero attached hydrogens (tertiary/aromatic N) is 2. The summed E-state index contributed by atoms with van der Waals surface area (Å²) in [5, 5.41) is 0. The molecule has 1 saturated heterocycles. The number of fused-ring (bicyclic) bond motifs is 1. The maximum absolute atomic E-state index is 13.0. The molecule has 4 rings (SSSR count). The Hall–Kier alpha value is -2.13. The van der Waals surface area contributed by atoms with Gasteiger partial charge in [0, 0.05) is 24.7 Å². The zero-order valence-electron chi connectivity index (χ0n) is 14.9. The van der Waals surface area contributed by atoms with Crippen molar-refractivity contribution in [1.29, 1.82) is 0 Å². The summed E-state index contributed by atoms with van der Waals surface area (Å²) in [5.74, 6) is 0.514. The second-order valence-electron chi connectivity index (χ2n) is 7.35. The number of para-hydroxylation sites is 1. The highest BCUT2D eigenvalue weighted by molar-refractivity contribution is 5.97. The van der Waals surface area contributed by atoms with Gasteiger partial charge in [0.2, 0.25) is 5.91 Å². The van der Waals surface area contributed by atoms with Crippen molar-refractivity contribution in [2.75, 3.05) is 24.5 Å². The lowest BCUT2D eigenvalue weighted by Gasteiger charge is -2.33. The Morgan fingerprint density at radius 3 is 2.52 bits per heavy atom. The molecule has 2 aliphatic rings. The SMILES string of the molecule is Cc1ccccc1CN1CCC(C(=O)N2CCc3ccccc32)CC1. The first-order chi connectivity index (χ1) is 12.2. The molecular formula is C22H26N2O. The van der Waals surface area contributed by atoms with Gasteiger partial charge in [0.1, 0.15) is 0 Å². The number of hydrogen-bond acceptors (Lipinski definition) is 2. The van der Waals surface area contributed by atoms with Gasteiger partial charge in [-0.2, -0.15) is 0 Å². The molecule has 0 radical (unpaired) electrons. The van der Waals surface area contributed by atoms with Gasteiger partial charge in [-0.25, -0.2) is 0 Å². The quantitative estimate of drug-likeness (QED) is 0.852. The normalized spacial score (nSPS) is 18.4. The van der Waals surface area contributed by atoms with Crippen LogP contribution in [0.15, 0.2) is 48.5 Å². The summed E-state index contributed by atoms with van der Waals surface area (Å²) < 4.78 is 0. The van der Waals surface area contributed by atoms with E-state index in [1.165, 1.54) is 16.7 Å². The van der Waals surface area contributed by atoms with E-state index in [1.807, 2.05) is 11.0 Å². The number of amides is 1. The Balaban J connectivity index is 1.36. The van der Waals surface area contributed by atoms with Crippen molar-refractivity contribution in [2.24, 2.45) is 5.92 Å².